The normalized spacial score (nSPS) is 11.4. The highest BCUT2D eigenvalue weighted by Crippen LogP contribution is 2.45. The van der Waals surface area contributed by atoms with Crippen molar-refractivity contribution < 1.29 is 13.2 Å². The third kappa shape index (κ3) is 3.57. The predicted octanol–water partition coefficient (Wildman–Crippen LogP) is 6.30. The number of rotatable bonds is 3. The Morgan fingerprint density at radius 2 is 1.54 bits per heavy atom. The van der Waals surface area contributed by atoms with Crippen molar-refractivity contribution in [2.45, 2.75) is 29.8 Å². The highest BCUT2D eigenvalue weighted by Gasteiger charge is 2.35. The molecule has 0 unspecified atom stereocenters. The summed E-state index contributed by atoms with van der Waals surface area (Å²) in [7, 11) is 0. The number of thioether (sulfide) groups is 2. The molecule has 24 heavy (non-hydrogen) atoms. The van der Waals surface area contributed by atoms with Crippen molar-refractivity contribution in [2.75, 3.05) is 12.5 Å². The van der Waals surface area contributed by atoms with Gasteiger partial charge in [0.1, 0.15) is 0 Å². The minimum Gasteiger partial charge on any atom is -0.192 e. The fourth-order valence-electron chi connectivity index (χ4n) is 2.73. The molecule has 2 rings (SSSR count). The predicted molar refractivity (Wildman–Crippen MR) is 94.6 cm³/mol. The molecule has 2 aromatic carbocycles. The molecule has 1 nitrogen and oxygen atoms in total. The first-order valence-corrected chi connectivity index (χ1v) is 9.52. The van der Waals surface area contributed by atoms with E-state index in [0.717, 1.165) is 0 Å². The van der Waals surface area contributed by atoms with E-state index in [0.29, 0.717) is 32.0 Å². The Bertz CT molecular complexity index is 820. The number of alkyl halides is 3. The van der Waals surface area contributed by atoms with Crippen molar-refractivity contribution >= 4 is 23.5 Å². The second kappa shape index (κ2) is 7.12. The molecule has 0 atom stereocenters. The van der Waals surface area contributed by atoms with Crippen LogP contribution < -0.4 is 0 Å². The number of hydrogen-bond acceptors (Lipinski definition) is 3. The number of nitrogens with zero attached hydrogens (tertiary/aromatic N) is 1. The van der Waals surface area contributed by atoms with Gasteiger partial charge in [0.05, 0.1) is 17.2 Å². The minimum absolute atomic E-state index is 0.201. The van der Waals surface area contributed by atoms with E-state index in [9.17, 15) is 13.2 Å². The van der Waals surface area contributed by atoms with Crippen LogP contribution in [-0.2, 0) is 6.18 Å². The molecule has 0 N–H and O–H groups in total. The molecule has 0 heterocycles. The van der Waals surface area contributed by atoms with Gasteiger partial charge >= 0.3 is 6.18 Å². The summed E-state index contributed by atoms with van der Waals surface area (Å²) in [5, 5.41) is 9.11. The molecule has 0 aliphatic carbocycles. The molecule has 0 aromatic heterocycles. The van der Waals surface area contributed by atoms with Gasteiger partial charge in [-0.3, -0.25) is 0 Å². The fraction of sp³-hybridized carbons (Fsp3) is 0.278. The van der Waals surface area contributed by atoms with Crippen molar-refractivity contribution in [3.05, 3.63) is 46.5 Å². The lowest BCUT2D eigenvalue weighted by Gasteiger charge is -2.21. The Morgan fingerprint density at radius 1 is 0.917 bits per heavy atom. The first-order valence-electron chi connectivity index (χ1n) is 7.07. The summed E-state index contributed by atoms with van der Waals surface area (Å²) >= 11 is 2.64. The molecule has 6 heteroatoms. The van der Waals surface area contributed by atoms with E-state index in [1.54, 1.807) is 44.6 Å². The molecule has 0 saturated heterocycles. The number of halogens is 3. The highest BCUT2D eigenvalue weighted by atomic mass is 32.2. The largest absolute Gasteiger partial charge is 0.417 e. The van der Waals surface area contributed by atoms with E-state index in [4.69, 9.17) is 5.26 Å². The average Bonchev–Trinajstić information content (AvgIpc) is 2.52. The third-order valence-electron chi connectivity index (χ3n) is 3.75. The summed E-state index contributed by atoms with van der Waals surface area (Å²) in [5.74, 6) is 0. The Morgan fingerprint density at radius 3 is 2.04 bits per heavy atom. The van der Waals surface area contributed by atoms with Gasteiger partial charge in [0, 0.05) is 9.79 Å². The Balaban J connectivity index is 2.90. The maximum atomic E-state index is 13.7. The van der Waals surface area contributed by atoms with Crippen LogP contribution in [0.1, 0.15) is 22.3 Å². The van der Waals surface area contributed by atoms with Gasteiger partial charge in [-0.15, -0.1) is 23.5 Å². The molecule has 126 valence electrons. The molecule has 0 radical (unpaired) electrons. The average molecular weight is 367 g/mol. The number of benzene rings is 2. The van der Waals surface area contributed by atoms with Crippen LogP contribution in [0.3, 0.4) is 0 Å². The molecular formula is C18H16F3NS2. The lowest BCUT2D eigenvalue weighted by atomic mass is 9.91. The molecule has 2 aromatic rings. The summed E-state index contributed by atoms with van der Waals surface area (Å²) in [4.78, 5) is 1.26. The van der Waals surface area contributed by atoms with Crippen molar-refractivity contribution in [3.63, 3.8) is 0 Å². The smallest absolute Gasteiger partial charge is 0.192 e. The lowest BCUT2D eigenvalue weighted by Crippen LogP contribution is -2.10. The van der Waals surface area contributed by atoms with Crippen molar-refractivity contribution in [1.82, 2.24) is 0 Å². The zero-order valence-corrected chi connectivity index (χ0v) is 15.3. The topological polar surface area (TPSA) is 23.8 Å². The van der Waals surface area contributed by atoms with Gasteiger partial charge in [-0.25, -0.2) is 0 Å². The van der Waals surface area contributed by atoms with Gasteiger partial charge in [0.25, 0.3) is 0 Å². The highest BCUT2D eigenvalue weighted by molar-refractivity contribution is 7.99. The van der Waals surface area contributed by atoms with Gasteiger partial charge < -0.3 is 0 Å². The van der Waals surface area contributed by atoms with Crippen LogP contribution >= 0.6 is 23.5 Å². The fourth-order valence-corrected chi connectivity index (χ4v) is 3.97. The molecule has 0 aliphatic rings. The van der Waals surface area contributed by atoms with E-state index >= 15 is 0 Å². The van der Waals surface area contributed by atoms with Crippen LogP contribution in [0.25, 0.3) is 11.1 Å². The van der Waals surface area contributed by atoms with E-state index < -0.39 is 11.7 Å². The quantitative estimate of drug-likeness (QED) is 0.594. The van der Waals surface area contributed by atoms with Gasteiger partial charge in [-0.2, -0.15) is 18.4 Å². The summed E-state index contributed by atoms with van der Waals surface area (Å²) in [5.41, 5.74) is 1.83. The maximum absolute atomic E-state index is 13.7. The van der Waals surface area contributed by atoms with E-state index in [2.05, 4.69) is 6.07 Å². The maximum Gasteiger partial charge on any atom is 0.417 e. The Labute approximate surface area is 148 Å². The van der Waals surface area contributed by atoms with Crippen molar-refractivity contribution in [2.24, 2.45) is 0 Å². The first kappa shape index (κ1) is 18.8. The standard InChI is InChI=1S/C18H16F3NS2/c1-10-5-12(9-22)7-15(24-4)17(10)16-11(2)6-13(23-3)8-14(16)18(19,20)21/h5-8H,1-4H3. The van der Waals surface area contributed by atoms with E-state index in [1.165, 1.54) is 29.6 Å². The SMILES string of the molecule is CSc1cc(C)c(-c2c(C)cc(C#N)cc2SC)c(C(F)(F)F)c1. The van der Waals surface area contributed by atoms with E-state index in [-0.39, 0.29) is 5.56 Å². The monoisotopic (exact) mass is 367 g/mol. The minimum atomic E-state index is -4.44. The summed E-state index contributed by atoms with van der Waals surface area (Å²) in [6, 6.07) is 8.32. The molecule has 0 fully saturated rings. The Hall–Kier alpha value is -1.58. The molecule has 0 saturated carbocycles. The van der Waals surface area contributed by atoms with Crippen LogP contribution in [0.4, 0.5) is 13.2 Å². The summed E-state index contributed by atoms with van der Waals surface area (Å²) < 4.78 is 41.0. The van der Waals surface area contributed by atoms with Crippen LogP contribution in [-0.4, -0.2) is 12.5 Å². The summed E-state index contributed by atoms with van der Waals surface area (Å²) in [6.07, 6.45) is -0.880. The second-order valence-electron chi connectivity index (χ2n) is 5.35. The van der Waals surface area contributed by atoms with Crippen LogP contribution in [0.15, 0.2) is 34.1 Å². The zero-order valence-electron chi connectivity index (χ0n) is 13.7. The lowest BCUT2D eigenvalue weighted by molar-refractivity contribution is -0.137. The van der Waals surface area contributed by atoms with Crippen molar-refractivity contribution in [3.8, 4) is 17.2 Å². The molecule has 0 spiro atoms. The number of hydrogen-bond donors (Lipinski definition) is 0. The van der Waals surface area contributed by atoms with Crippen LogP contribution in [0.5, 0.6) is 0 Å². The first-order chi connectivity index (χ1) is 11.2. The van der Waals surface area contributed by atoms with Crippen LogP contribution in [0, 0.1) is 25.2 Å². The van der Waals surface area contributed by atoms with Gasteiger partial charge in [-0.05, 0) is 72.9 Å². The van der Waals surface area contributed by atoms with Gasteiger partial charge in [-0.1, -0.05) is 0 Å². The molecular weight excluding hydrogens is 351 g/mol. The molecule has 0 amide bonds. The molecule has 0 aliphatic heterocycles. The van der Waals surface area contributed by atoms with Gasteiger partial charge in [0.15, 0.2) is 0 Å². The molecule has 0 bridgehead atoms. The number of nitriles is 1. The van der Waals surface area contributed by atoms with Gasteiger partial charge in [0.2, 0.25) is 0 Å². The number of aryl methyl sites for hydroxylation is 2. The third-order valence-corrected chi connectivity index (χ3v) is 5.22. The summed E-state index contributed by atoms with van der Waals surface area (Å²) in [6.45, 7) is 3.45. The van der Waals surface area contributed by atoms with Crippen LogP contribution in [0.2, 0.25) is 0 Å². The van der Waals surface area contributed by atoms with Crippen molar-refractivity contribution in [1.29, 1.82) is 5.26 Å². The second-order valence-corrected chi connectivity index (χ2v) is 7.07. The zero-order chi connectivity index (χ0) is 18.1. The van der Waals surface area contributed by atoms with E-state index in [1.807, 2.05) is 0 Å². The Kier molecular flexibility index (Phi) is 5.56.